The zero-order chi connectivity index (χ0) is 11.7. The van der Waals surface area contributed by atoms with E-state index in [4.69, 9.17) is 4.74 Å². The molecule has 1 aromatic rings. The van der Waals surface area contributed by atoms with Crippen LogP contribution in [0.1, 0.15) is 13.8 Å². The Labute approximate surface area is 126 Å². The molecule has 2 unspecified atom stereocenters. The summed E-state index contributed by atoms with van der Waals surface area (Å²) in [4.78, 5) is 8.04. The molecule has 2 rings (SSSR count). The van der Waals surface area contributed by atoms with Gasteiger partial charge in [0.1, 0.15) is 0 Å². The Hall–Kier alpha value is 0.270. The molecule has 1 aromatic heterocycles. The fourth-order valence-electron chi connectivity index (χ4n) is 1.83. The van der Waals surface area contributed by atoms with Crippen molar-refractivity contribution < 1.29 is 28.7 Å². The molecule has 2 atom stereocenters. The predicted molar refractivity (Wildman–Crippen MR) is 69.3 cm³/mol. The number of ether oxygens (including phenoxy) is 1. The quantitative estimate of drug-likeness (QED) is 0.313. The van der Waals surface area contributed by atoms with E-state index < -0.39 is 0 Å². The molecule has 0 saturated carbocycles. The minimum absolute atomic E-state index is 0. The molecule has 7 heteroatoms. The highest BCUT2D eigenvalue weighted by molar-refractivity contribution is 7.69. The van der Waals surface area contributed by atoms with Crippen molar-refractivity contribution in [3.8, 4) is 0 Å². The molecule has 1 aliphatic rings. The highest BCUT2D eigenvalue weighted by Gasteiger charge is 2.26. The van der Waals surface area contributed by atoms with Crippen LogP contribution in [0.15, 0.2) is 0 Å². The van der Waals surface area contributed by atoms with Crippen molar-refractivity contribution in [3.05, 3.63) is 4.80 Å². The monoisotopic (exact) mass is 387 g/mol. The third-order valence-electron chi connectivity index (χ3n) is 2.45. The molecule has 2 heterocycles. The van der Waals surface area contributed by atoms with Crippen LogP contribution >= 0.6 is 20.7 Å². The Bertz CT molecular complexity index is 417. The van der Waals surface area contributed by atoms with Gasteiger partial charge in [-0.15, -0.1) is 0 Å². The number of rotatable bonds is 1. The van der Waals surface area contributed by atoms with E-state index in [1.807, 2.05) is 14.1 Å². The summed E-state index contributed by atoms with van der Waals surface area (Å²) in [6.07, 6.45) is 0.584. The molecule has 0 bridgehead atoms. The third-order valence-corrected chi connectivity index (χ3v) is 4.79. The molecule has 4 nitrogen and oxygen atoms in total. The number of halogens is 1. The Morgan fingerprint density at radius 1 is 1.24 bits per heavy atom. The van der Waals surface area contributed by atoms with Crippen LogP contribution in [-0.4, -0.2) is 44.4 Å². The second-order valence-electron chi connectivity index (χ2n) is 4.40. The molecular formula is C10H18IN3OS2. The maximum absolute atomic E-state index is 5.72. The third kappa shape index (κ3) is 3.87. The van der Waals surface area contributed by atoms with Gasteiger partial charge in [-0.25, -0.2) is 0 Å². The summed E-state index contributed by atoms with van der Waals surface area (Å²) in [6.45, 7) is 6.12. The zero-order valence-corrected chi connectivity index (χ0v) is 14.3. The number of morpholine rings is 1. The molecule has 1 aliphatic heterocycles. The van der Waals surface area contributed by atoms with Crippen molar-refractivity contribution in [2.75, 3.05) is 32.1 Å². The number of hydrogen-bond acceptors (Lipinski definition) is 5. The highest BCUT2D eigenvalue weighted by atomic mass is 127. The Morgan fingerprint density at radius 2 is 1.82 bits per heavy atom. The first kappa shape index (κ1) is 15.3. The number of anilines is 1. The molecular weight excluding hydrogens is 369 g/mol. The van der Waals surface area contributed by atoms with E-state index in [-0.39, 0.29) is 24.0 Å². The molecule has 98 valence electrons. The van der Waals surface area contributed by atoms with Crippen LogP contribution < -0.4 is 38.3 Å². The van der Waals surface area contributed by atoms with E-state index in [0.29, 0.717) is 12.2 Å². The van der Waals surface area contributed by atoms with Gasteiger partial charge in [-0.2, -0.15) is 0 Å². The van der Waals surface area contributed by atoms with Gasteiger partial charge < -0.3 is 33.6 Å². The minimum Gasteiger partial charge on any atom is -1.00 e. The topological polar surface area (TPSA) is 28.4 Å². The SMILES string of the molecule is CC1CN(c2nc(=[N+](C)C)ss2)CC(C)O1.[I-]. The van der Waals surface area contributed by atoms with Gasteiger partial charge in [0.2, 0.25) is 0 Å². The minimum atomic E-state index is 0. The number of hydrogen-bond donors (Lipinski definition) is 0. The molecule has 0 radical (unpaired) electrons. The molecule has 0 amide bonds. The fraction of sp³-hybridized carbons (Fsp3) is 0.800. The predicted octanol–water partition coefficient (Wildman–Crippen LogP) is -2.15. The lowest BCUT2D eigenvalue weighted by Crippen LogP contribution is -3.00. The van der Waals surface area contributed by atoms with E-state index in [2.05, 4.69) is 28.3 Å². The molecule has 17 heavy (non-hydrogen) atoms. The highest BCUT2D eigenvalue weighted by Crippen LogP contribution is 2.22. The van der Waals surface area contributed by atoms with Crippen LogP contribution in [-0.2, 0) is 4.74 Å². The summed E-state index contributed by atoms with van der Waals surface area (Å²) in [6, 6.07) is 0. The summed E-state index contributed by atoms with van der Waals surface area (Å²) < 4.78 is 7.77. The van der Waals surface area contributed by atoms with Gasteiger partial charge in [-0.3, -0.25) is 4.58 Å². The van der Waals surface area contributed by atoms with Gasteiger partial charge in [0, 0.05) is 28.4 Å². The van der Waals surface area contributed by atoms with Crippen LogP contribution in [0.25, 0.3) is 0 Å². The zero-order valence-electron chi connectivity index (χ0n) is 10.5. The second-order valence-corrected chi connectivity index (χ2v) is 6.46. The van der Waals surface area contributed by atoms with Crippen LogP contribution in [0.2, 0.25) is 0 Å². The summed E-state index contributed by atoms with van der Waals surface area (Å²) in [5, 5.41) is 1.12. The van der Waals surface area contributed by atoms with Crippen LogP contribution in [0.3, 0.4) is 0 Å². The van der Waals surface area contributed by atoms with Crippen molar-refractivity contribution in [1.82, 2.24) is 9.56 Å². The van der Waals surface area contributed by atoms with E-state index >= 15 is 0 Å². The average molecular weight is 387 g/mol. The lowest BCUT2D eigenvalue weighted by molar-refractivity contribution is -0.00529. The van der Waals surface area contributed by atoms with Gasteiger partial charge in [0.15, 0.2) is 0 Å². The van der Waals surface area contributed by atoms with Crippen LogP contribution in [0.5, 0.6) is 0 Å². The normalized spacial score (nSPS) is 24.4. The van der Waals surface area contributed by atoms with Crippen molar-refractivity contribution >= 4 is 25.8 Å². The van der Waals surface area contributed by atoms with Gasteiger partial charge in [0.25, 0.3) is 0 Å². The summed E-state index contributed by atoms with van der Waals surface area (Å²) in [5.41, 5.74) is 0. The van der Waals surface area contributed by atoms with Crippen molar-refractivity contribution in [3.63, 3.8) is 0 Å². The van der Waals surface area contributed by atoms with E-state index in [1.54, 1.807) is 20.7 Å². The van der Waals surface area contributed by atoms with E-state index in [9.17, 15) is 0 Å². The lowest BCUT2D eigenvalue weighted by Gasteiger charge is -2.33. The largest absolute Gasteiger partial charge is 1.00 e. The smallest absolute Gasteiger partial charge is 0.390 e. The number of aromatic nitrogens is 1. The summed E-state index contributed by atoms with van der Waals surface area (Å²) in [5.74, 6) is 0. The summed E-state index contributed by atoms with van der Waals surface area (Å²) >= 11 is 0. The molecule has 0 aliphatic carbocycles. The maximum Gasteiger partial charge on any atom is 0.390 e. The van der Waals surface area contributed by atoms with E-state index in [1.165, 1.54) is 0 Å². The fourth-order valence-corrected chi connectivity index (χ4v) is 4.12. The van der Waals surface area contributed by atoms with Gasteiger partial charge >= 0.3 is 9.93 Å². The van der Waals surface area contributed by atoms with Gasteiger partial charge in [0.05, 0.1) is 26.3 Å². The molecule has 1 fully saturated rings. The van der Waals surface area contributed by atoms with Crippen molar-refractivity contribution in [1.29, 1.82) is 0 Å². The Kier molecular flexibility index (Phi) is 5.81. The van der Waals surface area contributed by atoms with Gasteiger partial charge in [-0.05, 0) is 24.2 Å². The average Bonchev–Trinajstić information content (AvgIpc) is 2.64. The molecule has 1 saturated heterocycles. The van der Waals surface area contributed by atoms with Crippen LogP contribution in [0, 0.1) is 0 Å². The Morgan fingerprint density at radius 3 is 2.29 bits per heavy atom. The van der Waals surface area contributed by atoms with Gasteiger partial charge in [-0.1, -0.05) is 0 Å². The lowest BCUT2D eigenvalue weighted by atomic mass is 10.2. The molecule has 0 N–H and O–H groups in total. The standard InChI is InChI=1S/C10H18N3OS2.HI/c1-7-5-13(6-8(2)14-7)10-11-9(12(3)4)15-16-10;/h7-8H,5-6H2,1-4H3;1H/q+1;/p-1. The number of nitrogens with zero attached hydrogens (tertiary/aromatic N) is 3. The van der Waals surface area contributed by atoms with Crippen molar-refractivity contribution in [2.24, 2.45) is 0 Å². The second kappa shape index (κ2) is 6.44. The summed E-state index contributed by atoms with van der Waals surface area (Å²) in [7, 11) is 7.53. The molecule has 0 spiro atoms. The first-order valence-electron chi connectivity index (χ1n) is 5.44. The van der Waals surface area contributed by atoms with Crippen molar-refractivity contribution in [2.45, 2.75) is 26.1 Å². The molecule has 0 aromatic carbocycles. The first-order chi connectivity index (χ1) is 7.56. The first-order valence-corrected chi connectivity index (χ1v) is 7.59. The Balaban J connectivity index is 0.00000144. The van der Waals surface area contributed by atoms with E-state index in [0.717, 1.165) is 23.0 Å². The maximum atomic E-state index is 5.72. The van der Waals surface area contributed by atoms with Crippen LogP contribution in [0.4, 0.5) is 5.13 Å².